The minimum absolute atomic E-state index is 0.0990. The number of likely N-dealkylation sites (tertiary alicyclic amines) is 1. The van der Waals surface area contributed by atoms with E-state index < -0.39 is 24.0 Å². The maximum atomic E-state index is 12.4. The highest BCUT2D eigenvalue weighted by molar-refractivity contribution is 5.99. The lowest BCUT2D eigenvalue weighted by molar-refractivity contribution is -0.152. The molecule has 6 heteroatoms. The van der Waals surface area contributed by atoms with Gasteiger partial charge in [0.05, 0.1) is 6.61 Å². The Bertz CT molecular complexity index is 683. The summed E-state index contributed by atoms with van der Waals surface area (Å²) in [4.78, 5) is 37.8. The van der Waals surface area contributed by atoms with Gasteiger partial charge in [0, 0.05) is 6.42 Å². The maximum Gasteiger partial charge on any atom is 0.417 e. The fourth-order valence-corrected chi connectivity index (χ4v) is 2.85. The topological polar surface area (TPSA) is 72.9 Å². The Morgan fingerprint density at radius 2 is 1.96 bits per heavy atom. The maximum absolute atomic E-state index is 12.4. The van der Waals surface area contributed by atoms with Crippen LogP contribution in [0, 0.1) is 5.41 Å². The van der Waals surface area contributed by atoms with Crippen LogP contribution in [0.5, 0.6) is 0 Å². The van der Waals surface area contributed by atoms with Gasteiger partial charge in [0.15, 0.2) is 0 Å². The molecule has 0 radical (unpaired) electrons. The number of nitrogens with zero attached hydrogens (tertiary/aromatic N) is 1. The highest BCUT2D eigenvalue weighted by Crippen LogP contribution is 2.25. The van der Waals surface area contributed by atoms with Gasteiger partial charge >= 0.3 is 12.1 Å². The standard InChI is InChI=1S/C21H27NO5/c1-4-5-13-21(2,3)15-27-20(25)22-17(11-12-18(22)23)19(24)26-14-16-9-7-6-8-10-16/h4,6-10,17H,1,5,11-15H2,2-3H3. The van der Waals surface area contributed by atoms with Crippen LogP contribution < -0.4 is 0 Å². The van der Waals surface area contributed by atoms with Crippen LogP contribution in [0.2, 0.25) is 0 Å². The van der Waals surface area contributed by atoms with Crippen molar-refractivity contribution < 1.29 is 23.9 Å². The molecule has 1 unspecified atom stereocenters. The van der Waals surface area contributed by atoms with Crippen LogP contribution in [0.15, 0.2) is 43.0 Å². The van der Waals surface area contributed by atoms with Gasteiger partial charge in [-0.15, -0.1) is 6.58 Å². The first kappa shape index (κ1) is 20.7. The number of hydrogen-bond donors (Lipinski definition) is 0. The van der Waals surface area contributed by atoms with Gasteiger partial charge < -0.3 is 9.47 Å². The quantitative estimate of drug-likeness (QED) is 0.511. The Kier molecular flexibility index (Phi) is 7.16. The highest BCUT2D eigenvalue weighted by Gasteiger charge is 2.42. The van der Waals surface area contributed by atoms with Gasteiger partial charge in [0.2, 0.25) is 5.91 Å². The molecule has 0 saturated carbocycles. The molecule has 2 rings (SSSR count). The van der Waals surface area contributed by atoms with E-state index in [4.69, 9.17) is 9.47 Å². The first-order valence-corrected chi connectivity index (χ1v) is 9.14. The van der Waals surface area contributed by atoms with E-state index in [1.54, 1.807) is 0 Å². The number of amides is 2. The largest absolute Gasteiger partial charge is 0.459 e. The van der Waals surface area contributed by atoms with Crippen molar-refractivity contribution >= 4 is 18.0 Å². The minimum Gasteiger partial charge on any atom is -0.459 e. The summed E-state index contributed by atoms with van der Waals surface area (Å²) in [6.07, 6.45) is 3.02. The summed E-state index contributed by atoms with van der Waals surface area (Å²) in [7, 11) is 0. The Morgan fingerprint density at radius 1 is 1.26 bits per heavy atom. The van der Waals surface area contributed by atoms with Crippen molar-refractivity contribution in [3.63, 3.8) is 0 Å². The summed E-state index contributed by atoms with van der Waals surface area (Å²) < 4.78 is 10.6. The van der Waals surface area contributed by atoms with Crippen molar-refractivity contribution in [1.29, 1.82) is 0 Å². The number of esters is 1. The highest BCUT2D eigenvalue weighted by atomic mass is 16.6. The lowest BCUT2D eigenvalue weighted by atomic mass is 9.89. The van der Waals surface area contributed by atoms with Gasteiger partial charge in [-0.05, 0) is 30.2 Å². The first-order valence-electron chi connectivity index (χ1n) is 9.14. The lowest BCUT2D eigenvalue weighted by Gasteiger charge is -2.26. The molecule has 1 aromatic rings. The summed E-state index contributed by atoms with van der Waals surface area (Å²) in [6.45, 7) is 7.90. The Labute approximate surface area is 160 Å². The second kappa shape index (κ2) is 9.35. The number of allylic oxidation sites excluding steroid dienone is 1. The lowest BCUT2D eigenvalue weighted by Crippen LogP contribution is -2.44. The third-order valence-electron chi connectivity index (χ3n) is 4.52. The molecule has 1 saturated heterocycles. The first-order chi connectivity index (χ1) is 12.8. The second-order valence-electron chi connectivity index (χ2n) is 7.46. The van der Waals surface area contributed by atoms with Crippen molar-refractivity contribution in [3.8, 4) is 0 Å². The summed E-state index contributed by atoms with van der Waals surface area (Å²) in [5.74, 6) is -1.00. The predicted octanol–water partition coefficient (Wildman–Crippen LogP) is 3.85. The van der Waals surface area contributed by atoms with Crippen LogP contribution >= 0.6 is 0 Å². The zero-order valence-electron chi connectivity index (χ0n) is 16.0. The van der Waals surface area contributed by atoms with Crippen molar-refractivity contribution in [2.45, 2.75) is 52.2 Å². The van der Waals surface area contributed by atoms with Crippen molar-refractivity contribution in [3.05, 3.63) is 48.6 Å². The Morgan fingerprint density at radius 3 is 2.63 bits per heavy atom. The number of imide groups is 1. The molecular formula is C21H27NO5. The van der Waals surface area contributed by atoms with Gasteiger partial charge in [-0.3, -0.25) is 4.79 Å². The van der Waals surface area contributed by atoms with E-state index in [2.05, 4.69) is 6.58 Å². The third kappa shape index (κ3) is 5.94. The molecule has 0 aromatic heterocycles. The van der Waals surface area contributed by atoms with Crippen molar-refractivity contribution in [2.75, 3.05) is 6.61 Å². The molecule has 146 valence electrons. The molecule has 1 heterocycles. The third-order valence-corrected chi connectivity index (χ3v) is 4.52. The fraction of sp³-hybridized carbons (Fsp3) is 0.476. The van der Waals surface area contributed by atoms with E-state index in [9.17, 15) is 14.4 Å². The fourth-order valence-electron chi connectivity index (χ4n) is 2.85. The van der Waals surface area contributed by atoms with E-state index in [1.165, 1.54) is 0 Å². The van der Waals surface area contributed by atoms with Crippen molar-refractivity contribution in [2.24, 2.45) is 5.41 Å². The number of benzene rings is 1. The minimum atomic E-state index is -0.926. The average Bonchev–Trinajstić information content (AvgIpc) is 3.05. The molecule has 1 fully saturated rings. The number of carbonyl (C=O) groups excluding carboxylic acids is 3. The monoisotopic (exact) mass is 373 g/mol. The smallest absolute Gasteiger partial charge is 0.417 e. The Balaban J connectivity index is 1.93. The van der Waals surface area contributed by atoms with Gasteiger partial charge in [-0.25, -0.2) is 14.5 Å². The summed E-state index contributed by atoms with van der Waals surface area (Å²) in [5, 5.41) is 0. The molecule has 1 aliphatic heterocycles. The van der Waals surface area contributed by atoms with E-state index in [0.717, 1.165) is 23.3 Å². The van der Waals surface area contributed by atoms with Gasteiger partial charge in [0.25, 0.3) is 0 Å². The van der Waals surface area contributed by atoms with Crippen molar-refractivity contribution in [1.82, 2.24) is 4.90 Å². The molecule has 6 nitrogen and oxygen atoms in total. The van der Waals surface area contributed by atoms with E-state index in [0.29, 0.717) is 0 Å². The average molecular weight is 373 g/mol. The summed E-state index contributed by atoms with van der Waals surface area (Å²) >= 11 is 0. The van der Waals surface area contributed by atoms with Gasteiger partial charge in [-0.2, -0.15) is 0 Å². The van der Waals surface area contributed by atoms with E-state index >= 15 is 0 Å². The number of ether oxygens (including phenoxy) is 2. The van der Waals surface area contributed by atoms with Crippen LogP contribution in [0.4, 0.5) is 4.79 Å². The molecule has 27 heavy (non-hydrogen) atoms. The zero-order chi connectivity index (χ0) is 19.9. The van der Waals surface area contributed by atoms with E-state index in [-0.39, 0.29) is 31.5 Å². The summed E-state index contributed by atoms with van der Waals surface area (Å²) in [6, 6.07) is 8.31. The number of carbonyl (C=O) groups is 3. The van der Waals surface area contributed by atoms with Gasteiger partial charge in [0.1, 0.15) is 12.6 Å². The normalized spacial score (nSPS) is 16.9. The summed E-state index contributed by atoms with van der Waals surface area (Å²) in [5.41, 5.74) is 0.601. The number of rotatable bonds is 8. The predicted molar refractivity (Wildman–Crippen MR) is 101 cm³/mol. The molecular weight excluding hydrogens is 346 g/mol. The van der Waals surface area contributed by atoms with E-state index in [1.807, 2.05) is 50.3 Å². The molecule has 1 aromatic carbocycles. The van der Waals surface area contributed by atoms with Gasteiger partial charge in [-0.1, -0.05) is 50.3 Å². The molecule has 0 N–H and O–H groups in total. The molecule has 0 aliphatic carbocycles. The number of hydrogen-bond acceptors (Lipinski definition) is 5. The molecule has 1 aliphatic rings. The molecule has 0 spiro atoms. The molecule has 0 bridgehead atoms. The second-order valence-corrected chi connectivity index (χ2v) is 7.46. The van der Waals surface area contributed by atoms with Crippen LogP contribution in [-0.4, -0.2) is 35.5 Å². The zero-order valence-corrected chi connectivity index (χ0v) is 16.0. The Hall–Kier alpha value is -2.63. The van der Waals surface area contributed by atoms with Crippen LogP contribution in [0.25, 0.3) is 0 Å². The molecule has 2 amide bonds. The van der Waals surface area contributed by atoms with Crippen LogP contribution in [-0.2, 0) is 25.7 Å². The van der Waals surface area contributed by atoms with Crippen LogP contribution in [0.3, 0.4) is 0 Å². The molecule has 1 atom stereocenters. The SMILES string of the molecule is C=CCCC(C)(C)COC(=O)N1C(=O)CCC1C(=O)OCc1ccccc1. The van der Waals surface area contributed by atoms with Crippen LogP contribution in [0.1, 0.15) is 45.1 Å².